The quantitative estimate of drug-likeness (QED) is 0.228. The maximum atomic E-state index is 13.8. The van der Waals surface area contributed by atoms with Gasteiger partial charge in [-0.3, -0.25) is 0 Å². The third-order valence-corrected chi connectivity index (χ3v) is 5.64. The molecule has 0 fully saturated rings. The summed E-state index contributed by atoms with van der Waals surface area (Å²) in [5.41, 5.74) is -8.48. The van der Waals surface area contributed by atoms with Crippen LogP contribution < -0.4 is 20.1 Å². The zero-order valence-electron chi connectivity index (χ0n) is 15.9. The average molecular weight is 504 g/mol. The van der Waals surface area contributed by atoms with Gasteiger partial charge in [0.1, 0.15) is 11.4 Å². The standard InChI is InChI=1S/C16H6B2F12N4/c19-13(20,21)9-5-11(15(25,26)27)33-18-8-4-2-1-3-7(8)17(31(9)33)32-10(14(22,23)24)6-12(34(18)32)16(28,29)30/h1-6H. The smallest absolute Gasteiger partial charge is 0.351 e. The molecule has 18 heteroatoms. The van der Waals surface area contributed by atoms with Crippen LogP contribution in [0.3, 0.4) is 0 Å². The predicted octanol–water partition coefficient (Wildman–Crippen LogP) is 2.15. The van der Waals surface area contributed by atoms with Crippen LogP contribution in [0.4, 0.5) is 52.7 Å². The molecule has 5 heterocycles. The Morgan fingerprint density at radius 3 is 1.12 bits per heavy atom. The average Bonchev–Trinajstić information content (AvgIpc) is 3.27. The molecule has 34 heavy (non-hydrogen) atoms. The van der Waals surface area contributed by atoms with Crippen molar-refractivity contribution in [3.8, 4) is 0 Å². The molecular weight excluding hydrogens is 498 g/mol. The van der Waals surface area contributed by atoms with Gasteiger partial charge >= 0.3 is 38.7 Å². The van der Waals surface area contributed by atoms with Crippen LogP contribution in [0.5, 0.6) is 0 Å². The fourth-order valence-corrected chi connectivity index (χ4v) is 4.55. The van der Waals surface area contributed by atoms with E-state index in [0.717, 1.165) is 12.1 Å². The monoisotopic (exact) mass is 504 g/mol. The zero-order valence-corrected chi connectivity index (χ0v) is 15.9. The van der Waals surface area contributed by atoms with Crippen LogP contribution in [0.1, 0.15) is 22.8 Å². The Labute approximate surface area is 180 Å². The Balaban J connectivity index is 1.99. The Morgan fingerprint density at radius 2 is 0.853 bits per heavy atom. The van der Waals surface area contributed by atoms with Crippen LogP contribution in [-0.4, -0.2) is 23.2 Å². The molecule has 3 aromatic rings. The number of rotatable bonds is 0. The Hall–Kier alpha value is -3.07. The maximum absolute atomic E-state index is 13.8. The summed E-state index contributed by atoms with van der Waals surface area (Å²) < 4.78 is 165. The summed E-state index contributed by atoms with van der Waals surface area (Å²) in [6.45, 7) is -4.69. The minimum absolute atomic E-state index is 0.0782. The van der Waals surface area contributed by atoms with Crippen molar-refractivity contribution in [1.29, 1.82) is 0 Å². The van der Waals surface area contributed by atoms with Gasteiger partial charge in [0.05, 0.1) is 0 Å². The van der Waals surface area contributed by atoms with Crippen LogP contribution in [0.15, 0.2) is 36.4 Å². The lowest BCUT2D eigenvalue weighted by molar-refractivity contribution is -0.719. The zero-order chi connectivity index (χ0) is 25.2. The number of nitrogens with zero attached hydrogens (tertiary/aromatic N) is 4. The molecular formula is C16H6B2F12N4. The van der Waals surface area contributed by atoms with Crippen molar-refractivity contribution in [2.24, 2.45) is 0 Å². The van der Waals surface area contributed by atoms with E-state index in [0.29, 0.717) is 0 Å². The van der Waals surface area contributed by atoms with Crippen LogP contribution >= 0.6 is 0 Å². The molecule has 0 atom stereocenters. The molecule has 6 rings (SSSR count). The van der Waals surface area contributed by atoms with E-state index in [1.54, 1.807) is 0 Å². The van der Waals surface area contributed by atoms with E-state index < -0.39 is 61.4 Å². The first-order chi connectivity index (χ1) is 15.4. The molecule has 0 unspecified atom stereocenters. The van der Waals surface area contributed by atoms with Gasteiger partial charge in [-0.25, -0.2) is 0 Å². The maximum Gasteiger partial charge on any atom is 0.474 e. The summed E-state index contributed by atoms with van der Waals surface area (Å²) in [6.07, 6.45) is -21.9. The minimum Gasteiger partial charge on any atom is -0.351 e. The molecule has 1 aromatic carbocycles. The molecule has 0 N–H and O–H groups in total. The number of aromatic nitrogens is 4. The lowest BCUT2D eigenvalue weighted by Crippen LogP contribution is -2.95. The third-order valence-electron chi connectivity index (χ3n) is 5.64. The molecule has 0 amide bonds. The summed E-state index contributed by atoms with van der Waals surface area (Å²) in [7, 11) is 0. The van der Waals surface area contributed by atoms with Gasteiger partial charge in [-0.15, -0.1) is 0 Å². The summed E-state index contributed by atoms with van der Waals surface area (Å²) in [6, 6.07) is 3.88. The van der Waals surface area contributed by atoms with E-state index in [-0.39, 0.29) is 41.4 Å². The summed E-state index contributed by atoms with van der Waals surface area (Å²) in [5, 5.41) is 0. The summed E-state index contributed by atoms with van der Waals surface area (Å²) in [5.74, 6) is 0. The number of alkyl halides is 12. The van der Waals surface area contributed by atoms with Gasteiger partial charge in [0.15, 0.2) is 0 Å². The van der Waals surface area contributed by atoms with Crippen LogP contribution in [0.2, 0.25) is 0 Å². The molecule has 0 saturated heterocycles. The van der Waals surface area contributed by atoms with Crippen molar-refractivity contribution in [2.45, 2.75) is 24.7 Å². The molecule has 4 nitrogen and oxygen atoms in total. The van der Waals surface area contributed by atoms with Crippen molar-refractivity contribution in [1.82, 2.24) is 9.19 Å². The SMILES string of the molecule is FC(F)(F)c1cc(C(F)(F)F)[n+]2n1[B@-]1c3ccccc3[B@@-]2n2c(C(F)(F)F)cc(C(F)(F)F)[n+]21. The van der Waals surface area contributed by atoms with E-state index in [9.17, 15) is 52.7 Å². The Bertz CT molecular complexity index is 1150. The van der Waals surface area contributed by atoms with Gasteiger partial charge in [0.2, 0.25) is 0 Å². The lowest BCUT2D eigenvalue weighted by atomic mass is 9.50. The van der Waals surface area contributed by atoms with Crippen LogP contribution in [0, 0.1) is 0 Å². The van der Waals surface area contributed by atoms with Gasteiger partial charge in [-0.2, -0.15) is 63.6 Å². The van der Waals surface area contributed by atoms with Crippen molar-refractivity contribution in [3.63, 3.8) is 0 Å². The highest BCUT2D eigenvalue weighted by atomic mass is 19.4. The minimum atomic E-state index is -5.47. The molecule has 0 aliphatic carbocycles. The number of halogens is 12. The number of hydrogen-bond donors (Lipinski definition) is 0. The van der Waals surface area contributed by atoms with Gasteiger partial charge in [0.25, 0.3) is 11.4 Å². The second-order valence-electron chi connectivity index (χ2n) is 7.58. The lowest BCUT2D eigenvalue weighted by Gasteiger charge is -2.46. The van der Waals surface area contributed by atoms with Crippen molar-refractivity contribution >= 4 is 24.9 Å². The molecule has 2 aromatic heterocycles. The van der Waals surface area contributed by atoms with Crippen molar-refractivity contribution in [3.05, 3.63) is 59.2 Å². The molecule has 3 aliphatic heterocycles. The molecule has 3 aliphatic rings. The van der Waals surface area contributed by atoms with E-state index in [2.05, 4.69) is 0 Å². The van der Waals surface area contributed by atoms with E-state index >= 15 is 0 Å². The van der Waals surface area contributed by atoms with Gasteiger partial charge in [-0.05, 0) is 0 Å². The molecule has 2 bridgehead atoms. The second kappa shape index (κ2) is 6.33. The molecule has 0 saturated carbocycles. The molecule has 0 spiro atoms. The largest absolute Gasteiger partial charge is 0.474 e. The first-order valence-corrected chi connectivity index (χ1v) is 9.15. The first kappa shape index (κ1) is 22.7. The van der Waals surface area contributed by atoms with Crippen molar-refractivity contribution in [2.75, 3.05) is 0 Å². The Kier molecular flexibility index (Phi) is 4.22. The topological polar surface area (TPSA) is 17.6 Å². The highest BCUT2D eigenvalue weighted by Crippen LogP contribution is 2.38. The highest BCUT2D eigenvalue weighted by molar-refractivity contribution is 6.79. The number of benzene rings is 1. The fourth-order valence-electron chi connectivity index (χ4n) is 4.55. The van der Waals surface area contributed by atoms with Crippen LogP contribution in [0.25, 0.3) is 0 Å². The summed E-state index contributed by atoms with van der Waals surface area (Å²) >= 11 is 0. The predicted molar refractivity (Wildman–Crippen MR) is 88.1 cm³/mol. The van der Waals surface area contributed by atoms with Crippen molar-refractivity contribution < 1.29 is 61.9 Å². The van der Waals surface area contributed by atoms with E-state index in [1.807, 2.05) is 0 Å². The number of hydrogen-bond acceptors (Lipinski definition) is 0. The van der Waals surface area contributed by atoms with Gasteiger partial charge in [0, 0.05) is 12.1 Å². The van der Waals surface area contributed by atoms with E-state index in [4.69, 9.17) is 0 Å². The normalized spacial score (nSPS) is 16.6. The van der Waals surface area contributed by atoms with Crippen LogP contribution in [-0.2, 0) is 24.7 Å². The molecule has 2 radical (unpaired) electrons. The highest BCUT2D eigenvalue weighted by Gasteiger charge is 2.59. The van der Waals surface area contributed by atoms with E-state index in [1.165, 1.54) is 12.1 Å². The van der Waals surface area contributed by atoms with Gasteiger partial charge in [-0.1, -0.05) is 24.3 Å². The first-order valence-electron chi connectivity index (χ1n) is 9.15. The third kappa shape index (κ3) is 2.92. The molecule has 180 valence electrons. The Morgan fingerprint density at radius 1 is 0.529 bits per heavy atom. The second-order valence-corrected chi connectivity index (χ2v) is 7.58. The summed E-state index contributed by atoms with van der Waals surface area (Å²) in [4.78, 5) is 0. The fraction of sp³-hybridized carbons (Fsp3) is 0.250. The van der Waals surface area contributed by atoms with Gasteiger partial charge < -0.3 is 18.4 Å².